The zero-order chi connectivity index (χ0) is 10.3. The molecule has 0 N–H and O–H groups in total. The molecule has 2 rings (SSSR count). The number of hydrogen-bond acceptors (Lipinski definition) is 2. The third kappa shape index (κ3) is 1.46. The minimum atomic E-state index is -2.95. The van der Waals surface area contributed by atoms with Crippen molar-refractivity contribution in [3.63, 3.8) is 0 Å². The summed E-state index contributed by atoms with van der Waals surface area (Å²) in [6.45, 7) is 4.23. The van der Waals surface area contributed by atoms with E-state index in [4.69, 9.17) is 0 Å². The van der Waals surface area contributed by atoms with Gasteiger partial charge >= 0.3 is 0 Å². The van der Waals surface area contributed by atoms with Crippen LogP contribution < -0.4 is 0 Å². The van der Waals surface area contributed by atoms with Crippen LogP contribution in [-0.4, -0.2) is 14.2 Å². The first-order valence-electron chi connectivity index (χ1n) is 4.86. The zero-order valence-electron chi connectivity index (χ0n) is 8.45. The van der Waals surface area contributed by atoms with Gasteiger partial charge in [0.15, 0.2) is 9.84 Å². The van der Waals surface area contributed by atoms with Crippen molar-refractivity contribution in [2.45, 2.75) is 31.1 Å². The van der Waals surface area contributed by atoms with Gasteiger partial charge in [-0.15, -0.1) is 0 Å². The summed E-state index contributed by atoms with van der Waals surface area (Å²) < 4.78 is 23.1. The van der Waals surface area contributed by atoms with Crippen LogP contribution in [0.4, 0.5) is 0 Å². The Balaban J connectivity index is 2.55. The van der Waals surface area contributed by atoms with Crippen molar-refractivity contribution in [3.05, 3.63) is 29.3 Å². The topological polar surface area (TPSA) is 34.1 Å². The van der Waals surface area contributed by atoms with Gasteiger partial charge < -0.3 is 0 Å². The molecule has 0 spiro atoms. The highest BCUT2D eigenvalue weighted by Crippen LogP contribution is 2.28. The molecule has 0 unspecified atom stereocenters. The highest BCUT2D eigenvalue weighted by Gasteiger charge is 2.25. The fraction of sp³-hybridized carbons (Fsp3) is 0.455. The fourth-order valence-electron chi connectivity index (χ4n) is 1.81. The molecule has 0 atom stereocenters. The highest BCUT2D eigenvalue weighted by atomic mass is 32.2. The normalized spacial score (nSPS) is 18.5. The molecule has 3 heteroatoms. The van der Waals surface area contributed by atoms with Crippen molar-refractivity contribution in [2.24, 2.45) is 0 Å². The average Bonchev–Trinajstić information content (AvgIpc) is 2.42. The lowest BCUT2D eigenvalue weighted by atomic mass is 10.0. The third-order valence-corrected chi connectivity index (χ3v) is 4.54. The first-order chi connectivity index (χ1) is 6.50. The molecule has 0 bridgehead atoms. The molecule has 0 saturated carbocycles. The largest absolute Gasteiger partial charge is 0.224 e. The summed E-state index contributed by atoms with van der Waals surface area (Å²) in [5.74, 6) is 0.743. The van der Waals surface area contributed by atoms with E-state index in [9.17, 15) is 8.42 Å². The van der Waals surface area contributed by atoms with Gasteiger partial charge in [0.25, 0.3) is 0 Å². The minimum Gasteiger partial charge on any atom is -0.224 e. The number of sulfone groups is 1. The van der Waals surface area contributed by atoms with E-state index in [2.05, 4.69) is 13.8 Å². The molecule has 1 heterocycles. The van der Waals surface area contributed by atoms with E-state index < -0.39 is 9.84 Å². The van der Waals surface area contributed by atoms with Crippen LogP contribution in [0.1, 0.15) is 30.9 Å². The summed E-state index contributed by atoms with van der Waals surface area (Å²) in [6.07, 6.45) is 0.679. The van der Waals surface area contributed by atoms with Crippen molar-refractivity contribution in [1.82, 2.24) is 0 Å². The van der Waals surface area contributed by atoms with Gasteiger partial charge in [-0.05, 0) is 29.5 Å². The second-order valence-electron chi connectivity index (χ2n) is 4.09. The standard InChI is InChI=1S/C11H14O2S/c1-8(2)9-3-4-11-10(7-9)5-6-14(11,12)13/h3-4,7-8H,5-6H2,1-2H3. The van der Waals surface area contributed by atoms with Crippen molar-refractivity contribution in [1.29, 1.82) is 0 Å². The van der Waals surface area contributed by atoms with E-state index >= 15 is 0 Å². The molecule has 0 aromatic heterocycles. The number of fused-ring (bicyclic) bond motifs is 1. The number of benzene rings is 1. The molecule has 2 nitrogen and oxygen atoms in total. The molecule has 1 aliphatic heterocycles. The van der Waals surface area contributed by atoms with Crippen molar-refractivity contribution in [2.75, 3.05) is 5.75 Å². The van der Waals surface area contributed by atoms with E-state index in [0.29, 0.717) is 17.2 Å². The van der Waals surface area contributed by atoms with E-state index in [-0.39, 0.29) is 5.75 Å². The quantitative estimate of drug-likeness (QED) is 0.711. The molecule has 1 aromatic carbocycles. The predicted octanol–water partition coefficient (Wildman–Crippen LogP) is 2.14. The summed E-state index contributed by atoms with van der Waals surface area (Å²) in [5, 5.41) is 0. The Morgan fingerprint density at radius 2 is 2.00 bits per heavy atom. The number of hydrogen-bond donors (Lipinski definition) is 0. The van der Waals surface area contributed by atoms with Gasteiger partial charge in [0.2, 0.25) is 0 Å². The molecule has 1 aliphatic rings. The number of aryl methyl sites for hydroxylation is 1. The Labute approximate surface area is 84.9 Å². The SMILES string of the molecule is CC(C)c1ccc2c(c1)CCS2(=O)=O. The van der Waals surface area contributed by atoms with Gasteiger partial charge in [-0.2, -0.15) is 0 Å². The molecule has 1 aromatic rings. The van der Waals surface area contributed by atoms with Gasteiger partial charge in [-0.3, -0.25) is 0 Å². The maximum absolute atomic E-state index is 11.5. The third-order valence-electron chi connectivity index (χ3n) is 2.73. The summed E-state index contributed by atoms with van der Waals surface area (Å²) >= 11 is 0. The van der Waals surface area contributed by atoms with Crippen molar-refractivity contribution < 1.29 is 8.42 Å². The molecular weight excluding hydrogens is 196 g/mol. The van der Waals surface area contributed by atoms with Crippen molar-refractivity contribution in [3.8, 4) is 0 Å². The van der Waals surface area contributed by atoms with Crippen LogP contribution in [0, 0.1) is 0 Å². The number of rotatable bonds is 1. The monoisotopic (exact) mass is 210 g/mol. The van der Waals surface area contributed by atoms with E-state index in [1.54, 1.807) is 6.07 Å². The second-order valence-corrected chi connectivity index (χ2v) is 6.17. The Morgan fingerprint density at radius 1 is 1.29 bits per heavy atom. The van der Waals surface area contributed by atoms with Crippen molar-refractivity contribution >= 4 is 9.84 Å². The van der Waals surface area contributed by atoms with Gasteiger partial charge in [0.05, 0.1) is 10.6 Å². The Kier molecular flexibility index (Phi) is 2.14. The van der Waals surface area contributed by atoms with Crippen LogP contribution in [0.25, 0.3) is 0 Å². The van der Waals surface area contributed by atoms with Crippen LogP contribution in [-0.2, 0) is 16.3 Å². The molecule has 0 saturated heterocycles. The van der Waals surface area contributed by atoms with Crippen LogP contribution in [0.2, 0.25) is 0 Å². The summed E-state index contributed by atoms with van der Waals surface area (Å²) in [4.78, 5) is 0.543. The molecule has 14 heavy (non-hydrogen) atoms. The highest BCUT2D eigenvalue weighted by molar-refractivity contribution is 7.91. The smallest absolute Gasteiger partial charge is 0.178 e. The summed E-state index contributed by atoms with van der Waals surface area (Å²) in [7, 11) is -2.95. The lowest BCUT2D eigenvalue weighted by Crippen LogP contribution is -1.98. The average molecular weight is 210 g/mol. The predicted molar refractivity (Wildman–Crippen MR) is 56.3 cm³/mol. The van der Waals surface area contributed by atoms with Crippen LogP contribution in [0.5, 0.6) is 0 Å². The fourth-order valence-corrected chi connectivity index (χ4v) is 3.36. The Morgan fingerprint density at radius 3 is 2.64 bits per heavy atom. The molecule has 76 valence electrons. The summed E-state index contributed by atoms with van der Waals surface area (Å²) in [5.41, 5.74) is 2.22. The second kappa shape index (κ2) is 3.09. The molecular formula is C11H14O2S. The molecule has 0 amide bonds. The maximum atomic E-state index is 11.5. The van der Waals surface area contributed by atoms with Gasteiger partial charge in [0, 0.05) is 0 Å². The van der Waals surface area contributed by atoms with Gasteiger partial charge in [-0.25, -0.2) is 8.42 Å². The van der Waals surface area contributed by atoms with E-state index in [0.717, 1.165) is 5.56 Å². The lowest BCUT2D eigenvalue weighted by molar-refractivity contribution is 0.600. The van der Waals surface area contributed by atoms with Crippen LogP contribution >= 0.6 is 0 Å². The summed E-state index contributed by atoms with van der Waals surface area (Å²) in [6, 6.07) is 5.71. The lowest BCUT2D eigenvalue weighted by Gasteiger charge is -2.06. The van der Waals surface area contributed by atoms with Gasteiger partial charge in [-0.1, -0.05) is 26.0 Å². The van der Waals surface area contributed by atoms with E-state index in [1.807, 2.05) is 12.1 Å². The maximum Gasteiger partial charge on any atom is 0.178 e. The Bertz CT molecular complexity index is 458. The van der Waals surface area contributed by atoms with Gasteiger partial charge in [0.1, 0.15) is 0 Å². The molecule has 0 aliphatic carbocycles. The van der Waals surface area contributed by atoms with E-state index in [1.165, 1.54) is 5.56 Å². The molecule has 0 radical (unpaired) electrons. The molecule has 0 fully saturated rings. The first-order valence-corrected chi connectivity index (χ1v) is 6.51. The minimum absolute atomic E-state index is 0.282. The Hall–Kier alpha value is -0.830. The first kappa shape index (κ1) is 9.71. The zero-order valence-corrected chi connectivity index (χ0v) is 9.26. The van der Waals surface area contributed by atoms with Crippen LogP contribution in [0.15, 0.2) is 23.1 Å². The van der Waals surface area contributed by atoms with Crippen LogP contribution in [0.3, 0.4) is 0 Å².